The van der Waals surface area contributed by atoms with E-state index in [4.69, 9.17) is 0 Å². The molecule has 21 heavy (non-hydrogen) atoms. The molecule has 2 aromatic rings. The zero-order valence-electron chi connectivity index (χ0n) is 12.9. The maximum absolute atomic E-state index is 12.8. The molecule has 0 aliphatic carbocycles. The van der Waals surface area contributed by atoms with Gasteiger partial charge in [0.25, 0.3) is 5.91 Å². The molecule has 0 radical (unpaired) electrons. The van der Waals surface area contributed by atoms with Crippen molar-refractivity contribution in [1.82, 2.24) is 9.88 Å². The summed E-state index contributed by atoms with van der Waals surface area (Å²) in [5.74, 6) is 0.0173. The van der Waals surface area contributed by atoms with Crippen LogP contribution >= 0.6 is 0 Å². The Bertz CT molecular complexity index is 683. The normalized spacial score (nSPS) is 18.0. The summed E-state index contributed by atoms with van der Waals surface area (Å²) in [5.41, 5.74) is 3.68. The minimum atomic E-state index is -0.257. The number of aryl methyl sites for hydroxylation is 1. The minimum absolute atomic E-state index is 0.0173. The summed E-state index contributed by atoms with van der Waals surface area (Å²) < 4.78 is 0. The molecule has 108 valence electrons. The van der Waals surface area contributed by atoms with Crippen molar-refractivity contribution in [2.24, 2.45) is 0 Å². The van der Waals surface area contributed by atoms with E-state index in [1.165, 1.54) is 5.56 Å². The first kappa shape index (κ1) is 13.8. The lowest BCUT2D eigenvalue weighted by Gasteiger charge is -2.37. The Labute approximate surface area is 125 Å². The number of carbonyl (C=O) groups excluding carboxylic acids is 1. The van der Waals surface area contributed by atoms with Crippen LogP contribution in [-0.4, -0.2) is 21.3 Å². The van der Waals surface area contributed by atoms with Crippen LogP contribution in [0.2, 0.25) is 0 Å². The molecule has 0 saturated heterocycles. The van der Waals surface area contributed by atoms with Crippen molar-refractivity contribution < 1.29 is 4.79 Å². The number of nitrogens with zero attached hydrogens (tertiary/aromatic N) is 2. The summed E-state index contributed by atoms with van der Waals surface area (Å²) in [6, 6.07) is 12.3. The summed E-state index contributed by atoms with van der Waals surface area (Å²) in [5, 5.41) is 0. The van der Waals surface area contributed by atoms with Gasteiger partial charge in [-0.1, -0.05) is 35.9 Å². The standard InChI is InChI=1S/C18H20N2O/c1-12-7-9-13(10-8-12)16-14-6-5-11-19-15(14)17(21)20(16)18(2,3)4/h5-11,16H,1-4H3. The zero-order valence-corrected chi connectivity index (χ0v) is 12.9. The van der Waals surface area contributed by atoms with Crippen LogP contribution in [0, 0.1) is 6.92 Å². The number of hydrogen-bond donors (Lipinski definition) is 0. The molecule has 0 fully saturated rings. The number of fused-ring (bicyclic) bond motifs is 1. The Morgan fingerprint density at radius 2 is 1.76 bits per heavy atom. The van der Waals surface area contributed by atoms with Gasteiger partial charge < -0.3 is 4.90 Å². The lowest BCUT2D eigenvalue weighted by molar-refractivity contribution is 0.0548. The van der Waals surface area contributed by atoms with Gasteiger partial charge in [-0.25, -0.2) is 0 Å². The van der Waals surface area contributed by atoms with E-state index in [2.05, 4.69) is 56.9 Å². The average Bonchev–Trinajstić information content (AvgIpc) is 2.74. The van der Waals surface area contributed by atoms with E-state index in [0.717, 1.165) is 11.1 Å². The van der Waals surface area contributed by atoms with Crippen molar-refractivity contribution in [3.63, 3.8) is 0 Å². The topological polar surface area (TPSA) is 33.2 Å². The SMILES string of the molecule is Cc1ccc(C2c3cccnc3C(=O)N2C(C)(C)C)cc1. The Kier molecular flexibility index (Phi) is 3.08. The highest BCUT2D eigenvalue weighted by atomic mass is 16.2. The Morgan fingerprint density at radius 1 is 1.10 bits per heavy atom. The summed E-state index contributed by atoms with van der Waals surface area (Å²) >= 11 is 0. The summed E-state index contributed by atoms with van der Waals surface area (Å²) in [4.78, 5) is 19.0. The van der Waals surface area contributed by atoms with Crippen molar-refractivity contribution in [2.75, 3.05) is 0 Å². The number of rotatable bonds is 1. The van der Waals surface area contributed by atoms with Crippen LogP contribution in [0.1, 0.15) is 54.0 Å². The highest BCUT2D eigenvalue weighted by Gasteiger charge is 2.43. The lowest BCUT2D eigenvalue weighted by Crippen LogP contribution is -2.44. The summed E-state index contributed by atoms with van der Waals surface area (Å²) in [6.07, 6.45) is 1.69. The first-order valence-corrected chi connectivity index (χ1v) is 7.25. The van der Waals surface area contributed by atoms with Crippen LogP contribution < -0.4 is 0 Å². The van der Waals surface area contributed by atoms with Crippen molar-refractivity contribution in [2.45, 2.75) is 39.3 Å². The molecule has 1 amide bonds. The molecule has 0 saturated carbocycles. The third-order valence-electron chi connectivity index (χ3n) is 3.93. The van der Waals surface area contributed by atoms with Crippen LogP contribution in [0.15, 0.2) is 42.6 Å². The molecule has 1 atom stereocenters. The number of aromatic nitrogens is 1. The average molecular weight is 280 g/mol. The smallest absolute Gasteiger partial charge is 0.274 e. The lowest BCUT2D eigenvalue weighted by atomic mass is 9.96. The third-order valence-corrected chi connectivity index (χ3v) is 3.93. The Hall–Kier alpha value is -2.16. The molecule has 1 unspecified atom stereocenters. The molecule has 3 nitrogen and oxygen atoms in total. The van der Waals surface area contributed by atoms with Crippen molar-refractivity contribution >= 4 is 5.91 Å². The Balaban J connectivity index is 2.18. The second-order valence-electron chi connectivity index (χ2n) is 6.60. The van der Waals surface area contributed by atoms with Gasteiger partial charge >= 0.3 is 0 Å². The maximum Gasteiger partial charge on any atom is 0.274 e. The highest BCUT2D eigenvalue weighted by Crippen LogP contribution is 2.41. The summed E-state index contributed by atoms with van der Waals surface area (Å²) in [7, 11) is 0. The molecule has 2 heterocycles. The molecule has 0 N–H and O–H groups in total. The molecule has 0 bridgehead atoms. The van der Waals surface area contributed by atoms with Gasteiger partial charge in [0.05, 0.1) is 6.04 Å². The molecule has 0 spiro atoms. The number of benzene rings is 1. The molecule has 1 aliphatic rings. The minimum Gasteiger partial charge on any atom is -0.321 e. The second-order valence-corrected chi connectivity index (χ2v) is 6.60. The quantitative estimate of drug-likeness (QED) is 0.797. The predicted molar refractivity (Wildman–Crippen MR) is 83.2 cm³/mol. The van der Waals surface area contributed by atoms with Gasteiger partial charge in [0.15, 0.2) is 0 Å². The molecule has 1 aliphatic heterocycles. The van der Waals surface area contributed by atoms with Crippen LogP contribution in [0.4, 0.5) is 0 Å². The fourth-order valence-corrected chi connectivity index (χ4v) is 2.96. The summed E-state index contributed by atoms with van der Waals surface area (Å²) in [6.45, 7) is 8.27. The van der Waals surface area contributed by atoms with Crippen molar-refractivity contribution in [1.29, 1.82) is 0 Å². The number of carbonyl (C=O) groups is 1. The first-order chi connectivity index (χ1) is 9.89. The van der Waals surface area contributed by atoms with E-state index in [-0.39, 0.29) is 17.5 Å². The first-order valence-electron chi connectivity index (χ1n) is 7.25. The van der Waals surface area contributed by atoms with Gasteiger partial charge in [0, 0.05) is 17.3 Å². The maximum atomic E-state index is 12.8. The van der Waals surface area contributed by atoms with Gasteiger partial charge in [-0.05, 0) is 39.3 Å². The van der Waals surface area contributed by atoms with E-state index in [9.17, 15) is 4.79 Å². The number of amides is 1. The van der Waals surface area contributed by atoms with E-state index < -0.39 is 0 Å². The molecular weight excluding hydrogens is 260 g/mol. The van der Waals surface area contributed by atoms with E-state index in [0.29, 0.717) is 5.69 Å². The van der Waals surface area contributed by atoms with E-state index in [1.807, 2.05) is 17.0 Å². The van der Waals surface area contributed by atoms with Crippen LogP contribution in [0.5, 0.6) is 0 Å². The highest BCUT2D eigenvalue weighted by molar-refractivity contribution is 5.98. The molecular formula is C18H20N2O. The van der Waals surface area contributed by atoms with Crippen molar-refractivity contribution in [3.05, 3.63) is 65.0 Å². The van der Waals surface area contributed by atoms with Gasteiger partial charge in [-0.15, -0.1) is 0 Å². The Morgan fingerprint density at radius 3 is 2.38 bits per heavy atom. The monoisotopic (exact) mass is 280 g/mol. The van der Waals surface area contributed by atoms with Crippen LogP contribution in [-0.2, 0) is 0 Å². The van der Waals surface area contributed by atoms with Crippen LogP contribution in [0.3, 0.4) is 0 Å². The molecule has 1 aromatic heterocycles. The molecule has 3 heteroatoms. The van der Waals surface area contributed by atoms with Gasteiger partial charge in [-0.3, -0.25) is 9.78 Å². The largest absolute Gasteiger partial charge is 0.321 e. The third kappa shape index (κ3) is 2.23. The van der Waals surface area contributed by atoms with Gasteiger partial charge in [-0.2, -0.15) is 0 Å². The fourth-order valence-electron chi connectivity index (χ4n) is 2.96. The van der Waals surface area contributed by atoms with Crippen molar-refractivity contribution in [3.8, 4) is 0 Å². The zero-order chi connectivity index (χ0) is 15.2. The van der Waals surface area contributed by atoms with Crippen LogP contribution in [0.25, 0.3) is 0 Å². The van der Waals surface area contributed by atoms with Gasteiger partial charge in [0.2, 0.25) is 0 Å². The number of pyridine rings is 1. The van der Waals surface area contributed by atoms with E-state index >= 15 is 0 Å². The molecule has 1 aromatic carbocycles. The predicted octanol–water partition coefficient (Wildman–Crippen LogP) is 3.73. The fraction of sp³-hybridized carbons (Fsp3) is 0.333. The second kappa shape index (κ2) is 4.69. The molecule has 3 rings (SSSR count). The number of hydrogen-bond acceptors (Lipinski definition) is 2. The van der Waals surface area contributed by atoms with Gasteiger partial charge in [0.1, 0.15) is 5.69 Å². The van der Waals surface area contributed by atoms with E-state index in [1.54, 1.807) is 6.20 Å².